The highest BCUT2D eigenvalue weighted by atomic mass is 79.9. The van der Waals surface area contributed by atoms with Crippen molar-refractivity contribution in [2.24, 2.45) is 4.99 Å². The van der Waals surface area contributed by atoms with Crippen LogP contribution in [0.15, 0.2) is 82.3 Å². The van der Waals surface area contributed by atoms with E-state index in [4.69, 9.17) is 19.6 Å². The van der Waals surface area contributed by atoms with Gasteiger partial charge in [-0.15, -0.1) is 0 Å². The first-order valence-corrected chi connectivity index (χ1v) is 12.1. The van der Waals surface area contributed by atoms with Crippen molar-refractivity contribution in [2.75, 3.05) is 19.8 Å². The van der Waals surface area contributed by atoms with Crippen LogP contribution in [-0.4, -0.2) is 42.3 Å². The zero-order valence-electron chi connectivity index (χ0n) is 19.0. The van der Waals surface area contributed by atoms with Crippen LogP contribution in [-0.2, 0) is 22.5 Å². The number of ether oxygens (including phenoxy) is 2. The van der Waals surface area contributed by atoms with Crippen molar-refractivity contribution >= 4 is 27.7 Å². The summed E-state index contributed by atoms with van der Waals surface area (Å²) in [7, 11) is 0. The normalized spacial score (nSPS) is 16.9. The number of rotatable bonds is 10. The quantitative estimate of drug-likeness (QED) is 0.373. The molecule has 182 valence electrons. The number of nitrogens with one attached hydrogen (secondary N) is 1. The van der Waals surface area contributed by atoms with Gasteiger partial charge in [0.05, 0.1) is 6.61 Å². The van der Waals surface area contributed by atoms with Gasteiger partial charge in [-0.2, -0.15) is 0 Å². The monoisotopic (exact) mass is 540 g/mol. The molecule has 3 aromatic carbocycles. The largest absolute Gasteiger partial charge is 0.494 e. The Hall–Kier alpha value is -3.23. The number of hydrogen-bond donors (Lipinski definition) is 2. The van der Waals surface area contributed by atoms with Crippen LogP contribution < -0.4 is 10.1 Å². The number of amides is 1. The van der Waals surface area contributed by atoms with Gasteiger partial charge in [-0.25, -0.2) is 9.38 Å². The minimum atomic E-state index is -1.14. The molecular weight excluding hydrogens is 515 g/mol. The summed E-state index contributed by atoms with van der Waals surface area (Å²) >= 11 is 3.44. The van der Waals surface area contributed by atoms with Crippen molar-refractivity contribution in [2.45, 2.75) is 24.9 Å². The molecule has 0 fully saturated rings. The fraction of sp³-hybridized carbons (Fsp3) is 0.259. The second kappa shape index (κ2) is 11.5. The van der Waals surface area contributed by atoms with Gasteiger partial charge in [0.25, 0.3) is 5.91 Å². The summed E-state index contributed by atoms with van der Waals surface area (Å²) in [4.78, 5) is 18.2. The number of carbonyl (C=O) groups is 1. The average molecular weight is 541 g/mol. The van der Waals surface area contributed by atoms with Crippen molar-refractivity contribution < 1.29 is 23.8 Å². The van der Waals surface area contributed by atoms with Gasteiger partial charge in [0, 0.05) is 36.0 Å². The zero-order valence-corrected chi connectivity index (χ0v) is 20.6. The summed E-state index contributed by atoms with van der Waals surface area (Å²) in [6.45, 7) is 0.860. The molecule has 1 amide bonds. The smallest absolute Gasteiger partial charge is 0.252 e. The van der Waals surface area contributed by atoms with Gasteiger partial charge in [0.15, 0.2) is 5.54 Å². The van der Waals surface area contributed by atoms with E-state index in [1.807, 2.05) is 48.5 Å². The van der Waals surface area contributed by atoms with E-state index in [0.717, 1.165) is 21.2 Å². The maximum absolute atomic E-state index is 13.4. The van der Waals surface area contributed by atoms with Gasteiger partial charge in [0.2, 0.25) is 5.90 Å². The number of aliphatic hydroxyl groups is 1. The maximum atomic E-state index is 13.4. The minimum Gasteiger partial charge on any atom is -0.494 e. The topological polar surface area (TPSA) is 80.2 Å². The number of aliphatic hydroxyl groups excluding tert-OH is 1. The standard InChI is InChI=1S/C27H26BrFN2O4/c28-22-8-2-19(3-9-22)16-27(26(33)30-17-20-4-10-23(29)11-5-20)18-35-25(31-27)21-6-12-24(13-7-21)34-15-1-14-32/h2-13,32H,1,14-18H2,(H,30,33)/t27-/m1/s1. The number of aliphatic imine (C=N–C) groups is 1. The third-order valence-electron chi connectivity index (χ3n) is 5.63. The van der Waals surface area contributed by atoms with Gasteiger partial charge in [-0.1, -0.05) is 40.2 Å². The third kappa shape index (κ3) is 6.46. The Morgan fingerprint density at radius 1 is 1.06 bits per heavy atom. The first-order valence-electron chi connectivity index (χ1n) is 11.3. The number of halogens is 2. The lowest BCUT2D eigenvalue weighted by Gasteiger charge is -2.23. The summed E-state index contributed by atoms with van der Waals surface area (Å²) in [5.41, 5.74) is 1.34. The molecule has 1 heterocycles. The van der Waals surface area contributed by atoms with Crippen molar-refractivity contribution in [3.8, 4) is 5.75 Å². The van der Waals surface area contributed by atoms with Crippen molar-refractivity contribution in [3.05, 3.63) is 99.8 Å². The summed E-state index contributed by atoms with van der Waals surface area (Å²) in [5.74, 6) is 0.485. The molecule has 1 aliphatic rings. The van der Waals surface area contributed by atoms with Crippen LogP contribution >= 0.6 is 15.9 Å². The number of carbonyl (C=O) groups excluding carboxylic acids is 1. The number of nitrogens with zero attached hydrogens (tertiary/aromatic N) is 1. The molecule has 0 unspecified atom stereocenters. The van der Waals surface area contributed by atoms with E-state index < -0.39 is 5.54 Å². The van der Waals surface area contributed by atoms with Gasteiger partial charge in [-0.05, 0) is 59.7 Å². The highest BCUT2D eigenvalue weighted by Gasteiger charge is 2.44. The average Bonchev–Trinajstić information content (AvgIpc) is 3.31. The summed E-state index contributed by atoms with van der Waals surface area (Å²) < 4.78 is 25.7. The Morgan fingerprint density at radius 2 is 1.74 bits per heavy atom. The van der Waals surface area contributed by atoms with Gasteiger partial charge in [-0.3, -0.25) is 4.79 Å². The summed E-state index contributed by atoms with van der Waals surface area (Å²) in [5, 5.41) is 11.8. The molecule has 0 spiro atoms. The van der Waals surface area contributed by atoms with Crippen LogP contribution in [0.2, 0.25) is 0 Å². The van der Waals surface area contributed by atoms with Crippen LogP contribution in [0.5, 0.6) is 5.75 Å². The predicted octanol–water partition coefficient (Wildman–Crippen LogP) is 4.42. The lowest BCUT2D eigenvalue weighted by atomic mass is 9.91. The SMILES string of the molecule is O=C(NCc1ccc(F)cc1)[C@@]1(Cc2ccc(Br)cc2)COC(c2ccc(OCCCO)cc2)=N1. The van der Waals surface area contributed by atoms with E-state index in [2.05, 4.69) is 21.2 Å². The second-order valence-electron chi connectivity index (χ2n) is 8.30. The minimum absolute atomic E-state index is 0.0758. The molecule has 2 N–H and O–H groups in total. The molecule has 4 rings (SSSR count). The van der Waals surface area contributed by atoms with Crippen molar-refractivity contribution in [1.82, 2.24) is 5.32 Å². The van der Waals surface area contributed by atoms with Crippen molar-refractivity contribution in [3.63, 3.8) is 0 Å². The molecule has 0 saturated carbocycles. The Morgan fingerprint density at radius 3 is 2.43 bits per heavy atom. The number of hydrogen-bond acceptors (Lipinski definition) is 5. The molecule has 35 heavy (non-hydrogen) atoms. The van der Waals surface area contributed by atoms with E-state index in [0.29, 0.717) is 31.1 Å². The Kier molecular flexibility index (Phi) is 8.15. The first-order chi connectivity index (χ1) is 17.0. The van der Waals surface area contributed by atoms with E-state index in [9.17, 15) is 9.18 Å². The molecule has 0 aliphatic carbocycles. The van der Waals surface area contributed by atoms with E-state index in [1.165, 1.54) is 12.1 Å². The number of benzene rings is 3. The molecule has 0 radical (unpaired) electrons. The van der Waals surface area contributed by atoms with Gasteiger partial charge >= 0.3 is 0 Å². The van der Waals surface area contributed by atoms with E-state index in [1.54, 1.807) is 12.1 Å². The van der Waals surface area contributed by atoms with Crippen LogP contribution in [0.1, 0.15) is 23.1 Å². The van der Waals surface area contributed by atoms with Crippen LogP contribution in [0, 0.1) is 5.82 Å². The lowest BCUT2D eigenvalue weighted by molar-refractivity contribution is -0.126. The summed E-state index contributed by atoms with van der Waals surface area (Å²) in [6.07, 6.45) is 0.921. The predicted molar refractivity (Wildman–Crippen MR) is 135 cm³/mol. The first kappa shape index (κ1) is 24.9. The fourth-order valence-corrected chi connectivity index (χ4v) is 3.98. The second-order valence-corrected chi connectivity index (χ2v) is 9.22. The Labute approximate surface area is 211 Å². The van der Waals surface area contributed by atoms with Crippen LogP contribution in [0.3, 0.4) is 0 Å². The Balaban J connectivity index is 1.54. The van der Waals surface area contributed by atoms with Crippen LogP contribution in [0.4, 0.5) is 4.39 Å². The van der Waals surface area contributed by atoms with Gasteiger partial charge < -0.3 is 19.9 Å². The summed E-state index contributed by atoms with van der Waals surface area (Å²) in [6, 6.07) is 21.0. The van der Waals surface area contributed by atoms with Crippen molar-refractivity contribution in [1.29, 1.82) is 0 Å². The van der Waals surface area contributed by atoms with E-state index in [-0.39, 0.29) is 31.5 Å². The van der Waals surface area contributed by atoms with Crippen LogP contribution in [0.25, 0.3) is 0 Å². The third-order valence-corrected chi connectivity index (χ3v) is 6.16. The molecule has 1 aliphatic heterocycles. The maximum Gasteiger partial charge on any atom is 0.252 e. The molecule has 3 aromatic rings. The molecule has 6 nitrogen and oxygen atoms in total. The fourth-order valence-electron chi connectivity index (χ4n) is 3.72. The molecule has 8 heteroatoms. The molecule has 0 bridgehead atoms. The zero-order chi connectivity index (χ0) is 24.7. The Bertz CT molecular complexity index is 1170. The van der Waals surface area contributed by atoms with E-state index >= 15 is 0 Å². The molecular formula is C27H26BrFN2O4. The molecule has 0 aromatic heterocycles. The molecule has 1 atom stereocenters. The lowest BCUT2D eigenvalue weighted by Crippen LogP contribution is -2.48. The van der Waals surface area contributed by atoms with Gasteiger partial charge in [0.1, 0.15) is 18.2 Å². The highest BCUT2D eigenvalue weighted by molar-refractivity contribution is 9.10. The molecule has 0 saturated heterocycles. The highest BCUT2D eigenvalue weighted by Crippen LogP contribution is 2.28.